The van der Waals surface area contributed by atoms with Gasteiger partial charge in [-0.2, -0.15) is 0 Å². The maximum Gasteiger partial charge on any atom is 0.256 e. The highest BCUT2D eigenvalue weighted by Crippen LogP contribution is 2.45. The normalized spacial score (nSPS) is 21.1. The number of benzene rings is 1. The van der Waals surface area contributed by atoms with E-state index in [0.717, 1.165) is 89.6 Å². The highest BCUT2D eigenvalue weighted by Gasteiger charge is 2.35. The van der Waals surface area contributed by atoms with Gasteiger partial charge >= 0.3 is 0 Å². The van der Waals surface area contributed by atoms with Gasteiger partial charge in [-0.1, -0.05) is 13.8 Å². The van der Waals surface area contributed by atoms with E-state index in [1.807, 2.05) is 13.0 Å². The van der Waals surface area contributed by atoms with E-state index in [0.29, 0.717) is 19.8 Å². The molecule has 36 heavy (non-hydrogen) atoms. The predicted molar refractivity (Wildman–Crippen MR) is 143 cm³/mol. The fraction of sp³-hybridized carbons (Fsp3) is 0.500. The molecule has 0 spiro atoms. The number of anilines is 2. The third-order valence-electron chi connectivity index (χ3n) is 7.80. The molecule has 2 aromatic rings. The molecule has 8 heteroatoms. The monoisotopic (exact) mass is 491 g/mol. The van der Waals surface area contributed by atoms with Crippen molar-refractivity contribution in [3.05, 3.63) is 46.3 Å². The molecule has 8 nitrogen and oxygen atoms in total. The number of allylic oxidation sites excluding steroid dienone is 1. The van der Waals surface area contributed by atoms with E-state index in [1.165, 1.54) is 0 Å². The minimum Gasteiger partial charge on any atom is -0.377 e. The number of aromatic amines is 1. The molecule has 2 aliphatic heterocycles. The van der Waals surface area contributed by atoms with Gasteiger partial charge in [0, 0.05) is 54.0 Å². The molecular weight excluding hydrogens is 454 g/mol. The van der Waals surface area contributed by atoms with Crippen LogP contribution in [0.3, 0.4) is 0 Å². The summed E-state index contributed by atoms with van der Waals surface area (Å²) >= 11 is 0. The average molecular weight is 492 g/mol. The quantitative estimate of drug-likeness (QED) is 0.517. The third-order valence-corrected chi connectivity index (χ3v) is 7.80. The van der Waals surface area contributed by atoms with Gasteiger partial charge < -0.3 is 30.2 Å². The van der Waals surface area contributed by atoms with Crippen LogP contribution in [-0.4, -0.2) is 73.7 Å². The number of amides is 2. The summed E-state index contributed by atoms with van der Waals surface area (Å²) in [6.45, 7) is 14.0. The molecule has 0 bridgehead atoms. The lowest BCUT2D eigenvalue weighted by Crippen LogP contribution is -2.43. The number of ether oxygens (including phenoxy) is 1. The molecule has 5 rings (SSSR count). The highest BCUT2D eigenvalue weighted by atomic mass is 16.5. The number of aryl methyl sites for hydroxylation is 1. The molecule has 0 saturated carbocycles. The van der Waals surface area contributed by atoms with E-state index in [2.05, 4.69) is 58.3 Å². The van der Waals surface area contributed by atoms with Crippen molar-refractivity contribution in [1.82, 2.24) is 15.2 Å². The number of hydrogen-bond donors (Lipinski definition) is 3. The summed E-state index contributed by atoms with van der Waals surface area (Å²) < 4.78 is 5.61. The number of nitrogens with zero attached hydrogens (tertiary/aromatic N) is 2. The molecule has 1 fully saturated rings. The number of carbonyl (C=O) groups excluding carboxylic acids is 2. The molecule has 0 unspecified atom stereocenters. The number of H-pyrrole nitrogens is 1. The maximum absolute atomic E-state index is 13.2. The smallest absolute Gasteiger partial charge is 0.256 e. The standard InChI is InChI=1S/C28H37N5O3/c1-5-32(6-2)12-11-29-27(34)24-18(4)30-26-20(24)8-9-21(26)25-22-15-19(7-10-23(22)31-28(25)35)33-13-14-36-16-17(33)3/h7,10,15,17,30H,5-6,8-9,11-14,16H2,1-4H3,(H,29,34)(H,31,35)/b25-21-/t17-/m0/s1. The van der Waals surface area contributed by atoms with Crippen molar-refractivity contribution in [2.75, 3.05) is 56.2 Å². The Kier molecular flexibility index (Phi) is 6.90. The molecule has 1 aliphatic carbocycles. The van der Waals surface area contributed by atoms with E-state index in [4.69, 9.17) is 4.74 Å². The summed E-state index contributed by atoms with van der Waals surface area (Å²) in [4.78, 5) is 34.4. The number of carbonyl (C=O) groups is 2. The van der Waals surface area contributed by atoms with Gasteiger partial charge in [-0.15, -0.1) is 0 Å². The van der Waals surface area contributed by atoms with Gasteiger partial charge in [0.25, 0.3) is 11.8 Å². The number of morpholine rings is 1. The topological polar surface area (TPSA) is 89.7 Å². The SMILES string of the molecule is CCN(CC)CCNC(=O)c1c(C)[nH]c2c1CC/C2=C1/C(=O)Nc2ccc(N3CCOC[C@@H]3C)cc21. The van der Waals surface area contributed by atoms with E-state index in [1.54, 1.807) is 0 Å². The van der Waals surface area contributed by atoms with E-state index < -0.39 is 0 Å². The molecule has 0 radical (unpaired) electrons. The van der Waals surface area contributed by atoms with Gasteiger partial charge in [-0.25, -0.2) is 0 Å². The van der Waals surface area contributed by atoms with Crippen LogP contribution in [-0.2, 0) is 16.0 Å². The Morgan fingerprint density at radius 1 is 1.25 bits per heavy atom. The molecule has 3 aliphatic rings. The van der Waals surface area contributed by atoms with Crippen molar-refractivity contribution < 1.29 is 14.3 Å². The van der Waals surface area contributed by atoms with Crippen LogP contribution < -0.4 is 15.5 Å². The van der Waals surface area contributed by atoms with Crippen LogP contribution in [0.1, 0.15) is 60.1 Å². The Labute approximate surface area is 213 Å². The van der Waals surface area contributed by atoms with E-state index in [-0.39, 0.29) is 17.9 Å². The van der Waals surface area contributed by atoms with Crippen LogP contribution in [0.15, 0.2) is 18.2 Å². The largest absolute Gasteiger partial charge is 0.377 e. The van der Waals surface area contributed by atoms with Crippen LogP contribution in [0.5, 0.6) is 0 Å². The van der Waals surface area contributed by atoms with Gasteiger partial charge in [0.15, 0.2) is 0 Å². The lowest BCUT2D eigenvalue weighted by Gasteiger charge is -2.35. The van der Waals surface area contributed by atoms with Crippen molar-refractivity contribution in [2.24, 2.45) is 0 Å². The molecule has 192 valence electrons. The first-order chi connectivity index (χ1) is 17.4. The Balaban J connectivity index is 1.45. The van der Waals surface area contributed by atoms with Crippen LogP contribution in [0.25, 0.3) is 11.1 Å². The second-order valence-corrected chi connectivity index (χ2v) is 9.92. The van der Waals surface area contributed by atoms with Gasteiger partial charge in [-0.3, -0.25) is 9.59 Å². The van der Waals surface area contributed by atoms with Crippen molar-refractivity contribution in [3.8, 4) is 0 Å². The molecular formula is C28H37N5O3. The summed E-state index contributed by atoms with van der Waals surface area (Å²) in [6, 6.07) is 6.49. The number of rotatable bonds is 7. The molecule has 1 aromatic carbocycles. The Hall–Kier alpha value is -3.10. The zero-order chi connectivity index (χ0) is 25.4. The lowest BCUT2D eigenvalue weighted by molar-refractivity contribution is -0.110. The molecule has 3 N–H and O–H groups in total. The summed E-state index contributed by atoms with van der Waals surface area (Å²) in [5.74, 6) is -0.110. The van der Waals surface area contributed by atoms with Gasteiger partial charge in [0.1, 0.15) is 0 Å². The molecule has 1 saturated heterocycles. The fourth-order valence-electron chi connectivity index (χ4n) is 5.82. The molecule has 2 amide bonds. The predicted octanol–water partition coefficient (Wildman–Crippen LogP) is 3.43. The van der Waals surface area contributed by atoms with E-state index >= 15 is 0 Å². The average Bonchev–Trinajstić information content (AvgIpc) is 3.51. The van der Waals surface area contributed by atoms with Crippen LogP contribution in [0, 0.1) is 6.92 Å². The number of likely N-dealkylation sites (N-methyl/N-ethyl adjacent to an activating group) is 1. The van der Waals surface area contributed by atoms with Crippen LogP contribution in [0.2, 0.25) is 0 Å². The Morgan fingerprint density at radius 3 is 2.81 bits per heavy atom. The fourth-order valence-corrected chi connectivity index (χ4v) is 5.82. The lowest BCUT2D eigenvalue weighted by atomic mass is 9.98. The number of fused-ring (bicyclic) bond motifs is 2. The van der Waals surface area contributed by atoms with Crippen molar-refractivity contribution in [3.63, 3.8) is 0 Å². The summed E-state index contributed by atoms with van der Waals surface area (Å²) in [7, 11) is 0. The molecule has 1 atom stereocenters. The Morgan fingerprint density at radius 2 is 2.06 bits per heavy atom. The minimum absolute atomic E-state index is 0.0386. The van der Waals surface area contributed by atoms with Crippen LogP contribution >= 0.6 is 0 Å². The Bertz CT molecular complexity index is 1210. The van der Waals surface area contributed by atoms with Gasteiger partial charge in [0.2, 0.25) is 0 Å². The number of aromatic nitrogens is 1. The summed E-state index contributed by atoms with van der Waals surface area (Å²) in [5, 5.41) is 6.15. The first-order valence-electron chi connectivity index (χ1n) is 13.2. The minimum atomic E-state index is -0.0718. The molecule has 1 aromatic heterocycles. The van der Waals surface area contributed by atoms with Gasteiger partial charge in [-0.05, 0) is 69.1 Å². The molecule has 3 heterocycles. The summed E-state index contributed by atoms with van der Waals surface area (Å²) in [5.41, 5.74) is 8.16. The number of nitrogens with one attached hydrogen (secondary N) is 3. The third kappa shape index (κ3) is 4.33. The second kappa shape index (κ2) is 10.1. The maximum atomic E-state index is 13.2. The van der Waals surface area contributed by atoms with Crippen molar-refractivity contribution in [2.45, 2.75) is 46.6 Å². The second-order valence-electron chi connectivity index (χ2n) is 9.92. The van der Waals surface area contributed by atoms with Gasteiger partial charge in [0.05, 0.1) is 24.4 Å². The van der Waals surface area contributed by atoms with E-state index in [9.17, 15) is 9.59 Å². The zero-order valence-electron chi connectivity index (χ0n) is 21.8. The van der Waals surface area contributed by atoms with Crippen molar-refractivity contribution in [1.29, 1.82) is 0 Å². The first kappa shape index (κ1) is 24.6. The van der Waals surface area contributed by atoms with Crippen molar-refractivity contribution >= 4 is 34.3 Å². The van der Waals surface area contributed by atoms with Crippen LogP contribution in [0.4, 0.5) is 11.4 Å². The zero-order valence-corrected chi connectivity index (χ0v) is 21.8. The highest BCUT2D eigenvalue weighted by molar-refractivity contribution is 6.37. The number of hydrogen-bond acceptors (Lipinski definition) is 5. The first-order valence-corrected chi connectivity index (χ1v) is 13.2. The summed E-state index contributed by atoms with van der Waals surface area (Å²) in [6.07, 6.45) is 1.49.